The first-order valence-electron chi connectivity index (χ1n) is 6.93. The van der Waals surface area contributed by atoms with Gasteiger partial charge in [0.1, 0.15) is 0 Å². The summed E-state index contributed by atoms with van der Waals surface area (Å²) in [5.74, 6) is -2.76. The van der Waals surface area contributed by atoms with Crippen LogP contribution in [-0.4, -0.2) is 22.2 Å². The highest BCUT2D eigenvalue weighted by Gasteiger charge is 2.38. The molecule has 148 valence electrons. The standard InChI is InChI=1S/C13H11ClF3N3.C2HF3O2/c14-8-1-4-12(11(5-8)13(15,16)17)20-10-3-2-9(6-18)19-7-10;3-2(4,5)1(6)7/h1-5,7,20H,6,18H2;(H,6,7). The number of carbonyl (C=O) groups is 1. The number of nitrogens with one attached hydrogen (secondary N) is 1. The van der Waals surface area contributed by atoms with Gasteiger partial charge in [-0.05, 0) is 30.3 Å². The molecule has 1 aromatic heterocycles. The third kappa shape index (κ3) is 7.31. The Morgan fingerprint density at radius 1 is 1.15 bits per heavy atom. The Kier molecular flexibility index (Phi) is 7.43. The SMILES string of the molecule is NCc1ccc(Nc2ccc(Cl)cc2C(F)(F)F)cn1.O=C(O)C(F)(F)F. The average Bonchev–Trinajstić information content (AvgIpc) is 2.56. The van der Waals surface area contributed by atoms with Crippen LogP contribution in [0, 0.1) is 0 Å². The van der Waals surface area contributed by atoms with Crippen LogP contribution in [0.4, 0.5) is 37.7 Å². The molecule has 0 aliphatic heterocycles. The maximum absolute atomic E-state index is 12.9. The minimum atomic E-state index is -5.08. The van der Waals surface area contributed by atoms with E-state index in [1.165, 1.54) is 18.3 Å². The minimum Gasteiger partial charge on any atom is -0.475 e. The number of aliphatic carboxylic acids is 1. The zero-order valence-corrected chi connectivity index (χ0v) is 14.0. The number of halogens is 7. The smallest absolute Gasteiger partial charge is 0.475 e. The Balaban J connectivity index is 0.000000445. The number of aromatic nitrogens is 1. The molecular formula is C15H12ClF6N3O2. The molecule has 0 aliphatic carbocycles. The van der Waals surface area contributed by atoms with E-state index in [2.05, 4.69) is 10.3 Å². The van der Waals surface area contributed by atoms with Gasteiger partial charge in [-0.1, -0.05) is 11.6 Å². The van der Waals surface area contributed by atoms with Gasteiger partial charge < -0.3 is 16.2 Å². The Hall–Kier alpha value is -2.53. The fraction of sp³-hybridized carbons (Fsp3) is 0.200. The molecule has 0 aliphatic rings. The highest BCUT2D eigenvalue weighted by molar-refractivity contribution is 6.30. The van der Waals surface area contributed by atoms with Gasteiger partial charge in [-0.2, -0.15) is 26.3 Å². The molecule has 0 unspecified atom stereocenters. The maximum Gasteiger partial charge on any atom is 0.490 e. The number of carboxylic acid groups (broad SMARTS) is 1. The van der Waals surface area contributed by atoms with Crippen LogP contribution in [-0.2, 0) is 17.5 Å². The van der Waals surface area contributed by atoms with Gasteiger partial charge in [0.25, 0.3) is 0 Å². The molecule has 0 amide bonds. The molecule has 0 saturated carbocycles. The molecule has 2 aromatic rings. The highest BCUT2D eigenvalue weighted by atomic mass is 35.5. The van der Waals surface area contributed by atoms with Crippen molar-refractivity contribution in [3.05, 3.63) is 52.8 Å². The molecule has 0 spiro atoms. The van der Waals surface area contributed by atoms with Gasteiger partial charge in [0, 0.05) is 11.6 Å². The summed E-state index contributed by atoms with van der Waals surface area (Å²) < 4.78 is 70.5. The lowest BCUT2D eigenvalue weighted by molar-refractivity contribution is -0.192. The van der Waals surface area contributed by atoms with Crippen molar-refractivity contribution >= 4 is 28.9 Å². The number of carboxylic acids is 1. The van der Waals surface area contributed by atoms with Crippen molar-refractivity contribution in [1.82, 2.24) is 4.98 Å². The molecule has 12 heteroatoms. The van der Waals surface area contributed by atoms with Crippen molar-refractivity contribution in [3.63, 3.8) is 0 Å². The van der Waals surface area contributed by atoms with E-state index in [4.69, 9.17) is 27.2 Å². The van der Waals surface area contributed by atoms with Gasteiger partial charge in [0.05, 0.1) is 28.8 Å². The quantitative estimate of drug-likeness (QED) is 0.638. The third-order valence-electron chi connectivity index (χ3n) is 2.84. The predicted molar refractivity (Wildman–Crippen MR) is 85.6 cm³/mol. The number of benzene rings is 1. The molecule has 2 rings (SSSR count). The van der Waals surface area contributed by atoms with Crippen LogP contribution in [0.1, 0.15) is 11.3 Å². The summed E-state index contributed by atoms with van der Waals surface area (Å²) >= 11 is 5.61. The van der Waals surface area contributed by atoms with E-state index < -0.39 is 23.9 Å². The van der Waals surface area contributed by atoms with Crippen molar-refractivity contribution in [1.29, 1.82) is 0 Å². The molecule has 0 radical (unpaired) electrons. The predicted octanol–water partition coefficient (Wildman–Crippen LogP) is 4.59. The largest absolute Gasteiger partial charge is 0.490 e. The number of nitrogens with zero attached hydrogens (tertiary/aromatic N) is 1. The first-order chi connectivity index (χ1) is 12.3. The van der Waals surface area contributed by atoms with E-state index in [1.807, 2.05) is 0 Å². The summed E-state index contributed by atoms with van der Waals surface area (Å²) in [7, 11) is 0. The summed E-state index contributed by atoms with van der Waals surface area (Å²) in [5.41, 5.74) is 5.59. The number of hydrogen-bond donors (Lipinski definition) is 3. The minimum absolute atomic E-state index is 0.0273. The molecule has 0 saturated heterocycles. The second-order valence-electron chi connectivity index (χ2n) is 4.86. The fourth-order valence-electron chi connectivity index (χ4n) is 1.63. The topological polar surface area (TPSA) is 88.2 Å². The average molecular weight is 416 g/mol. The van der Waals surface area contributed by atoms with Gasteiger partial charge in [0.2, 0.25) is 0 Å². The Morgan fingerprint density at radius 2 is 1.74 bits per heavy atom. The van der Waals surface area contributed by atoms with Crippen molar-refractivity contribution < 1.29 is 36.2 Å². The lowest BCUT2D eigenvalue weighted by Crippen LogP contribution is -2.21. The maximum atomic E-state index is 12.9. The number of anilines is 2. The second-order valence-corrected chi connectivity index (χ2v) is 5.29. The summed E-state index contributed by atoms with van der Waals surface area (Å²) in [6.07, 6.45) is -8.14. The van der Waals surface area contributed by atoms with Gasteiger partial charge in [0.15, 0.2) is 0 Å². The molecule has 1 aromatic carbocycles. The van der Waals surface area contributed by atoms with Crippen molar-refractivity contribution in [2.45, 2.75) is 18.9 Å². The molecule has 0 atom stereocenters. The van der Waals surface area contributed by atoms with Crippen LogP contribution >= 0.6 is 11.6 Å². The van der Waals surface area contributed by atoms with E-state index >= 15 is 0 Å². The Bertz CT molecular complexity index is 779. The van der Waals surface area contributed by atoms with Crippen LogP contribution in [0.2, 0.25) is 5.02 Å². The molecular weight excluding hydrogens is 404 g/mol. The van der Waals surface area contributed by atoms with Gasteiger partial charge in [-0.25, -0.2) is 4.79 Å². The molecule has 5 nitrogen and oxygen atoms in total. The Labute approximate surface area is 153 Å². The van der Waals surface area contributed by atoms with Crippen molar-refractivity contribution in [2.75, 3.05) is 5.32 Å². The number of nitrogens with two attached hydrogens (primary N) is 1. The second kappa shape index (κ2) is 8.91. The summed E-state index contributed by atoms with van der Waals surface area (Å²) in [6.45, 7) is 0.273. The summed E-state index contributed by atoms with van der Waals surface area (Å²) in [4.78, 5) is 12.9. The zero-order valence-electron chi connectivity index (χ0n) is 13.2. The summed E-state index contributed by atoms with van der Waals surface area (Å²) in [5, 5.41) is 9.83. The molecule has 0 fully saturated rings. The van der Waals surface area contributed by atoms with E-state index in [-0.39, 0.29) is 17.3 Å². The number of hydrogen-bond acceptors (Lipinski definition) is 4. The van der Waals surface area contributed by atoms with Crippen LogP contribution in [0.25, 0.3) is 0 Å². The first-order valence-corrected chi connectivity index (χ1v) is 7.31. The van der Waals surface area contributed by atoms with Crippen LogP contribution in [0.3, 0.4) is 0 Å². The number of pyridine rings is 1. The molecule has 1 heterocycles. The van der Waals surface area contributed by atoms with Crippen molar-refractivity contribution in [2.24, 2.45) is 5.73 Å². The van der Waals surface area contributed by atoms with Gasteiger partial charge in [-0.15, -0.1) is 0 Å². The van der Waals surface area contributed by atoms with E-state index in [0.717, 1.165) is 6.07 Å². The van der Waals surface area contributed by atoms with Crippen molar-refractivity contribution in [3.8, 4) is 0 Å². The van der Waals surface area contributed by atoms with Crippen LogP contribution in [0.5, 0.6) is 0 Å². The molecule has 0 bridgehead atoms. The lowest BCUT2D eigenvalue weighted by atomic mass is 10.1. The van der Waals surface area contributed by atoms with Crippen LogP contribution in [0.15, 0.2) is 36.5 Å². The normalized spacial score (nSPS) is 11.4. The molecule has 27 heavy (non-hydrogen) atoms. The van der Waals surface area contributed by atoms with Gasteiger partial charge in [-0.3, -0.25) is 4.98 Å². The lowest BCUT2D eigenvalue weighted by Gasteiger charge is -2.15. The third-order valence-corrected chi connectivity index (χ3v) is 3.08. The molecule has 4 N–H and O–H groups in total. The highest BCUT2D eigenvalue weighted by Crippen LogP contribution is 2.37. The van der Waals surface area contributed by atoms with E-state index in [0.29, 0.717) is 11.4 Å². The van der Waals surface area contributed by atoms with Gasteiger partial charge >= 0.3 is 18.3 Å². The van der Waals surface area contributed by atoms with Crippen LogP contribution < -0.4 is 11.1 Å². The first kappa shape index (κ1) is 22.5. The number of rotatable bonds is 3. The summed E-state index contributed by atoms with van der Waals surface area (Å²) in [6, 6.07) is 6.81. The van der Waals surface area contributed by atoms with E-state index in [1.54, 1.807) is 12.1 Å². The monoisotopic (exact) mass is 415 g/mol. The fourth-order valence-corrected chi connectivity index (χ4v) is 1.81. The zero-order chi connectivity index (χ0) is 20.8. The van der Waals surface area contributed by atoms with E-state index in [9.17, 15) is 26.3 Å². The Morgan fingerprint density at radius 3 is 2.15 bits per heavy atom. The number of alkyl halides is 6.